The average Bonchev–Trinajstić information content (AvgIpc) is 2.62. The summed E-state index contributed by atoms with van der Waals surface area (Å²) in [6.45, 7) is 1.25. The van der Waals surface area contributed by atoms with E-state index in [1.54, 1.807) is 6.07 Å². The van der Waals surface area contributed by atoms with Gasteiger partial charge in [-0.3, -0.25) is 19.2 Å². The number of carbonyl (C=O) groups excluding carboxylic acids is 2. The second kappa shape index (κ2) is 4.61. The number of anilines is 1. The van der Waals surface area contributed by atoms with E-state index in [2.05, 4.69) is 4.72 Å². The van der Waals surface area contributed by atoms with Crippen molar-refractivity contribution in [1.82, 2.24) is 4.90 Å². The molecule has 7 nitrogen and oxygen atoms in total. The van der Waals surface area contributed by atoms with Crippen LogP contribution in [0.2, 0.25) is 0 Å². The van der Waals surface area contributed by atoms with E-state index in [0.29, 0.717) is 0 Å². The first-order valence-corrected chi connectivity index (χ1v) is 7.20. The van der Waals surface area contributed by atoms with Crippen molar-refractivity contribution in [2.75, 3.05) is 11.8 Å². The highest BCUT2D eigenvalue weighted by Gasteiger charge is 2.33. The number of rotatable bonds is 3. The number of hydrogen-bond donors (Lipinski definition) is 1. The van der Waals surface area contributed by atoms with Crippen LogP contribution in [0.1, 0.15) is 27.6 Å². The van der Waals surface area contributed by atoms with Crippen LogP contribution in [0.3, 0.4) is 0 Å². The van der Waals surface area contributed by atoms with Gasteiger partial charge in [0.05, 0.1) is 17.2 Å². The Kier molecular flexibility index (Phi) is 3.23. The molecule has 0 spiro atoms. The molecule has 0 saturated carbocycles. The Morgan fingerprint density at radius 2 is 1.85 bits per heavy atom. The first kappa shape index (κ1) is 14.0. The van der Waals surface area contributed by atoms with Gasteiger partial charge in [-0.05, 0) is 25.1 Å². The molecular formula is C12H11N3O4S. The second-order valence-electron chi connectivity index (χ2n) is 4.35. The number of carbonyl (C=O) groups is 2. The molecule has 0 aromatic heterocycles. The third kappa shape index (κ3) is 2.12. The molecule has 0 saturated heterocycles. The van der Waals surface area contributed by atoms with Crippen LogP contribution in [0.25, 0.3) is 0 Å². The molecule has 2 rings (SSSR count). The number of nitrogens with one attached hydrogen (secondary N) is 1. The molecule has 20 heavy (non-hydrogen) atoms. The zero-order chi connectivity index (χ0) is 15.1. The standard InChI is InChI=1S/C12H11N3O4S/c1-7(6-13)20(18,19)14-8-3-4-9-10(5-8)12(17)15(2)11(9)16/h3-5,7,14H,1-2H3. The topological polar surface area (TPSA) is 107 Å². The van der Waals surface area contributed by atoms with Gasteiger partial charge >= 0.3 is 0 Å². The minimum atomic E-state index is -3.85. The first-order chi connectivity index (χ1) is 9.27. The number of sulfonamides is 1. The number of nitriles is 1. The zero-order valence-electron chi connectivity index (χ0n) is 10.7. The van der Waals surface area contributed by atoms with Crippen molar-refractivity contribution >= 4 is 27.5 Å². The van der Waals surface area contributed by atoms with Crippen molar-refractivity contribution in [1.29, 1.82) is 5.26 Å². The Bertz CT molecular complexity index is 748. The molecular weight excluding hydrogens is 282 g/mol. The summed E-state index contributed by atoms with van der Waals surface area (Å²) in [5, 5.41) is 7.41. The van der Waals surface area contributed by atoms with Crippen LogP contribution in [0, 0.1) is 11.3 Å². The maximum absolute atomic E-state index is 11.8. The van der Waals surface area contributed by atoms with Crippen molar-refractivity contribution < 1.29 is 18.0 Å². The van der Waals surface area contributed by atoms with Crippen molar-refractivity contribution in [3.05, 3.63) is 29.3 Å². The van der Waals surface area contributed by atoms with Gasteiger partial charge in [0.15, 0.2) is 5.25 Å². The van der Waals surface area contributed by atoms with E-state index in [1.165, 1.54) is 32.2 Å². The van der Waals surface area contributed by atoms with Crippen LogP contribution < -0.4 is 4.72 Å². The number of imide groups is 1. The van der Waals surface area contributed by atoms with E-state index in [4.69, 9.17) is 5.26 Å². The van der Waals surface area contributed by atoms with Crippen molar-refractivity contribution in [2.24, 2.45) is 0 Å². The van der Waals surface area contributed by atoms with Crippen molar-refractivity contribution in [2.45, 2.75) is 12.2 Å². The lowest BCUT2D eigenvalue weighted by Crippen LogP contribution is -2.24. The van der Waals surface area contributed by atoms with E-state index >= 15 is 0 Å². The summed E-state index contributed by atoms with van der Waals surface area (Å²) in [5.41, 5.74) is 0.512. The molecule has 1 aromatic carbocycles. The molecule has 104 valence electrons. The third-order valence-electron chi connectivity index (χ3n) is 3.00. The fourth-order valence-corrected chi connectivity index (χ4v) is 2.52. The molecule has 1 N–H and O–H groups in total. The Morgan fingerprint density at radius 1 is 1.25 bits per heavy atom. The molecule has 0 aliphatic carbocycles. The number of fused-ring (bicyclic) bond motifs is 1. The van der Waals surface area contributed by atoms with Crippen molar-refractivity contribution in [3.8, 4) is 6.07 Å². The predicted octanol–water partition coefficient (Wildman–Crippen LogP) is 0.566. The van der Waals surface area contributed by atoms with Gasteiger partial charge in [0.2, 0.25) is 10.0 Å². The number of nitrogens with zero attached hydrogens (tertiary/aromatic N) is 2. The molecule has 1 unspecified atom stereocenters. The predicted molar refractivity (Wildman–Crippen MR) is 70.5 cm³/mol. The van der Waals surface area contributed by atoms with Gasteiger partial charge in [0.1, 0.15) is 0 Å². The van der Waals surface area contributed by atoms with Crippen LogP contribution in [0.5, 0.6) is 0 Å². The number of amides is 2. The van der Waals surface area contributed by atoms with Crippen LogP contribution in [-0.2, 0) is 10.0 Å². The lowest BCUT2D eigenvalue weighted by molar-refractivity contribution is 0.0693. The van der Waals surface area contributed by atoms with Crippen LogP contribution in [0.15, 0.2) is 18.2 Å². The third-order valence-corrected chi connectivity index (χ3v) is 4.55. The van der Waals surface area contributed by atoms with Gasteiger partial charge in [0.25, 0.3) is 11.8 Å². The normalized spacial score (nSPS) is 15.8. The Morgan fingerprint density at radius 3 is 2.45 bits per heavy atom. The minimum absolute atomic E-state index is 0.141. The monoisotopic (exact) mass is 293 g/mol. The molecule has 0 fully saturated rings. The van der Waals surface area contributed by atoms with Gasteiger partial charge in [0, 0.05) is 12.7 Å². The summed E-state index contributed by atoms with van der Waals surface area (Å²) >= 11 is 0. The summed E-state index contributed by atoms with van der Waals surface area (Å²) < 4.78 is 25.7. The summed E-state index contributed by atoms with van der Waals surface area (Å²) in [6, 6.07) is 5.68. The van der Waals surface area contributed by atoms with E-state index in [-0.39, 0.29) is 16.8 Å². The molecule has 1 aliphatic rings. The maximum Gasteiger partial charge on any atom is 0.261 e. The SMILES string of the molecule is CC(C#N)S(=O)(=O)Nc1ccc2c(c1)C(=O)N(C)C2=O. The van der Waals surface area contributed by atoms with Gasteiger partial charge in [-0.25, -0.2) is 8.42 Å². The Labute approximate surface area is 115 Å². The smallest absolute Gasteiger partial charge is 0.261 e. The van der Waals surface area contributed by atoms with Gasteiger partial charge in [-0.1, -0.05) is 0 Å². The largest absolute Gasteiger partial charge is 0.282 e. The highest BCUT2D eigenvalue weighted by atomic mass is 32.2. The maximum atomic E-state index is 11.8. The molecule has 2 amide bonds. The fraction of sp³-hybridized carbons (Fsp3) is 0.250. The van der Waals surface area contributed by atoms with Crippen LogP contribution in [0.4, 0.5) is 5.69 Å². The van der Waals surface area contributed by atoms with Crippen LogP contribution in [-0.4, -0.2) is 37.4 Å². The highest BCUT2D eigenvalue weighted by Crippen LogP contribution is 2.25. The van der Waals surface area contributed by atoms with Gasteiger partial charge < -0.3 is 0 Å². The highest BCUT2D eigenvalue weighted by molar-refractivity contribution is 7.93. The molecule has 1 aromatic rings. The fourth-order valence-electron chi connectivity index (χ4n) is 1.75. The van der Waals surface area contributed by atoms with Crippen LogP contribution >= 0.6 is 0 Å². The first-order valence-electron chi connectivity index (χ1n) is 5.65. The average molecular weight is 293 g/mol. The van der Waals surface area contributed by atoms with Gasteiger partial charge in [-0.2, -0.15) is 5.26 Å². The summed E-state index contributed by atoms with van der Waals surface area (Å²) in [4.78, 5) is 24.4. The summed E-state index contributed by atoms with van der Waals surface area (Å²) in [5.74, 6) is -0.913. The Balaban J connectivity index is 2.38. The molecule has 0 radical (unpaired) electrons. The molecule has 1 aliphatic heterocycles. The molecule has 8 heteroatoms. The molecule has 1 atom stereocenters. The van der Waals surface area contributed by atoms with E-state index in [0.717, 1.165) is 4.90 Å². The lowest BCUT2D eigenvalue weighted by Gasteiger charge is -2.09. The second-order valence-corrected chi connectivity index (χ2v) is 6.35. The number of hydrogen-bond acceptors (Lipinski definition) is 5. The molecule has 1 heterocycles. The summed E-state index contributed by atoms with van der Waals surface area (Å²) in [6.07, 6.45) is 0. The summed E-state index contributed by atoms with van der Waals surface area (Å²) in [7, 11) is -2.49. The lowest BCUT2D eigenvalue weighted by atomic mass is 10.1. The van der Waals surface area contributed by atoms with Crippen molar-refractivity contribution in [3.63, 3.8) is 0 Å². The number of benzene rings is 1. The quantitative estimate of drug-likeness (QED) is 0.819. The zero-order valence-corrected chi connectivity index (χ0v) is 11.6. The molecule has 0 bridgehead atoms. The van der Waals surface area contributed by atoms with E-state index < -0.39 is 27.1 Å². The minimum Gasteiger partial charge on any atom is -0.282 e. The Hall–Kier alpha value is -2.40. The van der Waals surface area contributed by atoms with E-state index in [1.807, 2.05) is 0 Å². The van der Waals surface area contributed by atoms with Gasteiger partial charge in [-0.15, -0.1) is 0 Å². The van der Waals surface area contributed by atoms with E-state index in [9.17, 15) is 18.0 Å².